The highest BCUT2D eigenvalue weighted by atomic mass is 16.4. The van der Waals surface area contributed by atoms with Crippen molar-refractivity contribution >= 4 is 23.4 Å². The maximum absolute atomic E-state index is 11.9. The molecule has 5 nitrogen and oxygen atoms in total. The van der Waals surface area contributed by atoms with E-state index < -0.39 is 11.9 Å². The van der Waals surface area contributed by atoms with Gasteiger partial charge in [0, 0.05) is 11.6 Å². The minimum absolute atomic E-state index is 0.213. The highest BCUT2D eigenvalue weighted by molar-refractivity contribution is 6.16. The summed E-state index contributed by atoms with van der Waals surface area (Å²) in [6.45, 7) is 1.73. The summed E-state index contributed by atoms with van der Waals surface area (Å²) >= 11 is 0. The molecule has 0 aromatic heterocycles. The summed E-state index contributed by atoms with van der Waals surface area (Å²) in [5.74, 6) is -1.10. The van der Waals surface area contributed by atoms with Crippen LogP contribution in [0.4, 0.5) is 0 Å². The fourth-order valence-corrected chi connectivity index (χ4v) is 2.61. The highest BCUT2D eigenvalue weighted by Gasteiger charge is 2.31. The SMILES string of the molecule is CC1=NC(C2CCCCC2)=NC(=O)C1CC(=O)O. The minimum Gasteiger partial charge on any atom is -0.481 e. The van der Waals surface area contributed by atoms with E-state index in [0.29, 0.717) is 11.5 Å². The molecule has 5 heteroatoms. The first-order chi connectivity index (χ1) is 8.58. The van der Waals surface area contributed by atoms with Crippen LogP contribution in [-0.4, -0.2) is 28.5 Å². The van der Waals surface area contributed by atoms with Crippen LogP contribution in [0, 0.1) is 11.8 Å². The van der Waals surface area contributed by atoms with Crippen LogP contribution in [0.5, 0.6) is 0 Å². The standard InChI is InChI=1S/C13H18N2O3/c1-8-10(7-11(16)17)13(18)15-12(14-8)9-5-3-2-4-6-9/h9-10H,2-7H2,1H3,(H,16,17). The number of amides is 1. The molecule has 1 atom stereocenters. The lowest BCUT2D eigenvalue weighted by Gasteiger charge is -2.24. The molecule has 2 aliphatic rings. The Hall–Kier alpha value is -1.52. The fourth-order valence-electron chi connectivity index (χ4n) is 2.61. The molecule has 1 amide bonds. The van der Waals surface area contributed by atoms with Crippen molar-refractivity contribution in [3.05, 3.63) is 0 Å². The predicted octanol–water partition coefficient (Wildman–Crippen LogP) is 2.06. The van der Waals surface area contributed by atoms with Gasteiger partial charge in [-0.15, -0.1) is 0 Å². The van der Waals surface area contributed by atoms with E-state index in [4.69, 9.17) is 5.11 Å². The van der Waals surface area contributed by atoms with Gasteiger partial charge in [0.2, 0.25) is 0 Å². The molecule has 1 aliphatic carbocycles. The smallest absolute Gasteiger partial charge is 0.304 e. The third kappa shape index (κ3) is 2.83. The summed E-state index contributed by atoms with van der Waals surface area (Å²) in [5.41, 5.74) is 0.595. The maximum Gasteiger partial charge on any atom is 0.304 e. The summed E-state index contributed by atoms with van der Waals surface area (Å²) in [4.78, 5) is 30.9. The molecule has 0 saturated heterocycles. The second-order valence-electron chi connectivity index (χ2n) is 5.05. The third-order valence-corrected chi connectivity index (χ3v) is 3.67. The molecule has 18 heavy (non-hydrogen) atoms. The number of carbonyl (C=O) groups is 2. The van der Waals surface area contributed by atoms with Crippen molar-refractivity contribution in [3.8, 4) is 0 Å². The molecule has 1 unspecified atom stereocenters. The van der Waals surface area contributed by atoms with Crippen molar-refractivity contribution in [2.75, 3.05) is 0 Å². The first kappa shape index (κ1) is 12.9. The molecule has 1 N–H and O–H groups in total. The van der Waals surface area contributed by atoms with Crippen LogP contribution >= 0.6 is 0 Å². The molecule has 1 aliphatic heterocycles. The Balaban J connectivity index is 2.12. The van der Waals surface area contributed by atoms with Crippen LogP contribution in [0.1, 0.15) is 45.4 Å². The number of rotatable bonds is 3. The zero-order chi connectivity index (χ0) is 13.1. The van der Waals surface area contributed by atoms with Crippen LogP contribution in [0.25, 0.3) is 0 Å². The average Bonchev–Trinajstić information content (AvgIpc) is 2.34. The van der Waals surface area contributed by atoms with Gasteiger partial charge in [-0.25, -0.2) is 4.99 Å². The second-order valence-corrected chi connectivity index (χ2v) is 5.05. The van der Waals surface area contributed by atoms with Crippen LogP contribution < -0.4 is 0 Å². The summed E-state index contributed by atoms with van der Waals surface area (Å²) in [7, 11) is 0. The van der Waals surface area contributed by atoms with Crippen molar-refractivity contribution in [3.63, 3.8) is 0 Å². The van der Waals surface area contributed by atoms with Gasteiger partial charge in [0.1, 0.15) is 5.84 Å². The van der Waals surface area contributed by atoms with E-state index >= 15 is 0 Å². The number of hydrogen-bond acceptors (Lipinski definition) is 3. The van der Waals surface area contributed by atoms with Gasteiger partial charge in [-0.2, -0.15) is 4.99 Å². The molecule has 2 rings (SSSR count). The molecule has 1 heterocycles. The number of aliphatic carboxylic acids is 1. The van der Waals surface area contributed by atoms with E-state index in [2.05, 4.69) is 9.98 Å². The largest absolute Gasteiger partial charge is 0.481 e. The van der Waals surface area contributed by atoms with Crippen LogP contribution in [-0.2, 0) is 9.59 Å². The van der Waals surface area contributed by atoms with Gasteiger partial charge < -0.3 is 5.11 Å². The Morgan fingerprint density at radius 3 is 2.50 bits per heavy atom. The normalized spacial score (nSPS) is 25.6. The molecular formula is C13H18N2O3. The topological polar surface area (TPSA) is 79.1 Å². The van der Waals surface area contributed by atoms with E-state index in [1.807, 2.05) is 0 Å². The number of nitrogens with zero attached hydrogens (tertiary/aromatic N) is 2. The molecule has 0 bridgehead atoms. The van der Waals surface area contributed by atoms with E-state index in [9.17, 15) is 9.59 Å². The first-order valence-corrected chi connectivity index (χ1v) is 6.47. The highest BCUT2D eigenvalue weighted by Crippen LogP contribution is 2.27. The lowest BCUT2D eigenvalue weighted by Crippen LogP contribution is -2.31. The average molecular weight is 250 g/mol. The number of aliphatic imine (C=N–C) groups is 2. The molecule has 1 fully saturated rings. The van der Waals surface area contributed by atoms with Crippen LogP contribution in [0.3, 0.4) is 0 Å². The zero-order valence-electron chi connectivity index (χ0n) is 10.6. The molecule has 0 radical (unpaired) electrons. The van der Waals surface area contributed by atoms with E-state index in [-0.39, 0.29) is 18.2 Å². The molecular weight excluding hydrogens is 232 g/mol. The van der Waals surface area contributed by atoms with Crippen molar-refractivity contribution in [1.29, 1.82) is 0 Å². The zero-order valence-corrected chi connectivity index (χ0v) is 10.6. The number of amidine groups is 1. The van der Waals surface area contributed by atoms with Crippen molar-refractivity contribution in [1.82, 2.24) is 0 Å². The Morgan fingerprint density at radius 2 is 1.94 bits per heavy atom. The monoisotopic (exact) mass is 250 g/mol. The van der Waals surface area contributed by atoms with Gasteiger partial charge in [-0.3, -0.25) is 9.59 Å². The summed E-state index contributed by atoms with van der Waals surface area (Å²) in [6.07, 6.45) is 5.41. The summed E-state index contributed by atoms with van der Waals surface area (Å²) in [6, 6.07) is 0. The van der Waals surface area contributed by atoms with Gasteiger partial charge in [-0.05, 0) is 19.8 Å². The molecule has 1 saturated carbocycles. The van der Waals surface area contributed by atoms with E-state index in [1.165, 1.54) is 6.42 Å². The molecule has 98 valence electrons. The first-order valence-electron chi connectivity index (χ1n) is 6.47. The number of carboxylic acids is 1. The summed E-state index contributed by atoms with van der Waals surface area (Å²) in [5, 5.41) is 8.76. The van der Waals surface area contributed by atoms with Gasteiger partial charge in [-0.1, -0.05) is 19.3 Å². The molecule has 0 aromatic carbocycles. The number of hydrogen-bond donors (Lipinski definition) is 1. The van der Waals surface area contributed by atoms with Crippen LogP contribution in [0.2, 0.25) is 0 Å². The number of carbonyl (C=O) groups excluding carboxylic acids is 1. The predicted molar refractivity (Wildman–Crippen MR) is 67.9 cm³/mol. The Bertz CT molecular complexity index is 420. The Labute approximate surface area is 106 Å². The quantitative estimate of drug-likeness (QED) is 0.832. The van der Waals surface area contributed by atoms with Crippen molar-refractivity contribution in [2.45, 2.75) is 45.4 Å². The Kier molecular flexibility index (Phi) is 3.89. The molecule has 0 aromatic rings. The van der Waals surface area contributed by atoms with E-state index in [0.717, 1.165) is 25.7 Å². The Morgan fingerprint density at radius 1 is 1.28 bits per heavy atom. The van der Waals surface area contributed by atoms with Gasteiger partial charge in [0.05, 0.1) is 12.3 Å². The minimum atomic E-state index is -0.987. The van der Waals surface area contributed by atoms with E-state index in [1.54, 1.807) is 6.92 Å². The third-order valence-electron chi connectivity index (χ3n) is 3.67. The van der Waals surface area contributed by atoms with Gasteiger partial charge in [0.15, 0.2) is 0 Å². The van der Waals surface area contributed by atoms with Crippen molar-refractivity contribution in [2.24, 2.45) is 21.8 Å². The summed E-state index contributed by atoms with van der Waals surface area (Å²) < 4.78 is 0. The second kappa shape index (κ2) is 5.42. The van der Waals surface area contributed by atoms with Crippen molar-refractivity contribution < 1.29 is 14.7 Å². The maximum atomic E-state index is 11.9. The number of carboxylic acid groups (broad SMARTS) is 1. The fraction of sp³-hybridized carbons (Fsp3) is 0.692. The van der Waals surface area contributed by atoms with Gasteiger partial charge >= 0.3 is 5.97 Å². The lowest BCUT2D eigenvalue weighted by molar-refractivity contribution is -0.139. The molecule has 0 spiro atoms. The van der Waals surface area contributed by atoms with Gasteiger partial charge in [0.25, 0.3) is 5.91 Å². The lowest BCUT2D eigenvalue weighted by atomic mass is 9.87. The van der Waals surface area contributed by atoms with Crippen LogP contribution in [0.15, 0.2) is 9.98 Å².